The highest BCUT2D eigenvalue weighted by atomic mass is 19.4. The maximum Gasteiger partial charge on any atom is 0.418 e. The van der Waals surface area contributed by atoms with Crippen LogP contribution < -0.4 is 10.8 Å². The number of hydrogen-bond donors (Lipinski definition) is 2. The van der Waals surface area contributed by atoms with E-state index >= 15 is 0 Å². The molecule has 3 N–H and O–H groups in total. The summed E-state index contributed by atoms with van der Waals surface area (Å²) in [6.45, 7) is 11.9. The van der Waals surface area contributed by atoms with Crippen molar-refractivity contribution in [2.75, 3.05) is 7.11 Å². The zero-order valence-electron chi connectivity index (χ0n) is 14.0. The summed E-state index contributed by atoms with van der Waals surface area (Å²) < 4.78 is 37.8. The lowest BCUT2D eigenvalue weighted by atomic mass is 10.2. The minimum absolute atomic E-state index is 0.139. The van der Waals surface area contributed by atoms with Crippen LogP contribution in [0.25, 0.3) is 0 Å². The molecule has 22 heavy (non-hydrogen) atoms. The van der Waals surface area contributed by atoms with Crippen molar-refractivity contribution in [3.63, 3.8) is 0 Å². The molecule has 0 aromatic rings. The Morgan fingerprint density at radius 2 is 1.77 bits per heavy atom. The number of carbonyl (C=O) groups is 1. The van der Waals surface area contributed by atoms with E-state index in [1.54, 1.807) is 13.8 Å². The van der Waals surface area contributed by atoms with Crippen molar-refractivity contribution in [1.82, 2.24) is 5.32 Å². The molecule has 0 heterocycles. The molecule has 0 fully saturated rings. The molecule has 0 aromatic heterocycles. The predicted molar refractivity (Wildman–Crippen MR) is 80.3 cm³/mol. The minimum atomic E-state index is -4.45. The second-order valence-corrected chi connectivity index (χ2v) is 4.43. The number of hydroxylamine groups is 1. The fourth-order valence-corrected chi connectivity index (χ4v) is 1.08. The molecule has 0 aromatic carbocycles. The van der Waals surface area contributed by atoms with Crippen LogP contribution in [0.15, 0.2) is 35.7 Å². The van der Waals surface area contributed by atoms with Crippen LogP contribution in [0, 0.1) is 5.92 Å². The Morgan fingerprint density at radius 1 is 1.27 bits per heavy atom. The Kier molecular flexibility index (Phi) is 11.4. The number of quaternary nitrogens is 1. The van der Waals surface area contributed by atoms with Gasteiger partial charge in [-0.3, -0.25) is 4.79 Å². The number of nitrogens with one attached hydrogen (secondary N) is 1. The normalized spacial score (nSPS) is 12.6. The van der Waals surface area contributed by atoms with Crippen LogP contribution in [-0.4, -0.2) is 19.2 Å². The van der Waals surface area contributed by atoms with Gasteiger partial charge in [0.15, 0.2) is 5.70 Å². The number of nitrogens with two attached hydrogens (primary N) is 1. The second kappa shape index (κ2) is 11.0. The SMILES string of the molecule is C=C(/C=C\C([NH2+]OC)=C(/C)C(F)(F)F)NC(=O)C(C)C.CC. The topological polar surface area (TPSA) is 54.9 Å². The smallest absolute Gasteiger partial charge is 0.326 e. The first-order valence-corrected chi connectivity index (χ1v) is 6.91. The first kappa shape index (κ1) is 22.7. The number of carbonyl (C=O) groups excluding carboxylic acids is 1. The van der Waals surface area contributed by atoms with E-state index in [1.165, 1.54) is 19.3 Å². The van der Waals surface area contributed by atoms with Gasteiger partial charge in [0.2, 0.25) is 5.91 Å². The highest BCUT2D eigenvalue weighted by Crippen LogP contribution is 2.26. The summed E-state index contributed by atoms with van der Waals surface area (Å²) >= 11 is 0. The molecular weight excluding hydrogens is 297 g/mol. The molecule has 0 aliphatic rings. The molecule has 0 aliphatic carbocycles. The Hall–Kier alpha value is -1.60. The van der Waals surface area contributed by atoms with Gasteiger partial charge >= 0.3 is 6.18 Å². The van der Waals surface area contributed by atoms with Crippen LogP contribution in [0.1, 0.15) is 34.6 Å². The summed E-state index contributed by atoms with van der Waals surface area (Å²) in [5.74, 6) is -0.494. The van der Waals surface area contributed by atoms with E-state index in [0.717, 1.165) is 12.4 Å². The fourth-order valence-electron chi connectivity index (χ4n) is 1.08. The lowest BCUT2D eigenvalue weighted by Gasteiger charge is -2.09. The molecule has 0 saturated carbocycles. The monoisotopic (exact) mass is 323 g/mol. The third-order valence-electron chi connectivity index (χ3n) is 2.38. The van der Waals surface area contributed by atoms with E-state index in [9.17, 15) is 18.0 Å². The maximum atomic E-state index is 12.6. The van der Waals surface area contributed by atoms with E-state index in [0.29, 0.717) is 0 Å². The maximum absolute atomic E-state index is 12.6. The summed E-state index contributed by atoms with van der Waals surface area (Å²) in [5.41, 5.74) is 0.260. The summed E-state index contributed by atoms with van der Waals surface area (Å²) in [6, 6.07) is 0. The zero-order valence-corrected chi connectivity index (χ0v) is 14.0. The summed E-state index contributed by atoms with van der Waals surface area (Å²) in [5, 5.41) is 2.48. The van der Waals surface area contributed by atoms with E-state index in [4.69, 9.17) is 0 Å². The van der Waals surface area contributed by atoms with Gasteiger partial charge in [0.1, 0.15) is 0 Å². The van der Waals surface area contributed by atoms with Gasteiger partial charge in [-0.1, -0.05) is 34.3 Å². The van der Waals surface area contributed by atoms with Gasteiger partial charge in [0.05, 0.1) is 12.7 Å². The summed E-state index contributed by atoms with van der Waals surface area (Å²) in [6.07, 6.45) is -1.97. The molecule has 7 heteroatoms. The molecule has 0 radical (unpaired) electrons. The van der Waals surface area contributed by atoms with Gasteiger partial charge in [-0.2, -0.15) is 18.7 Å². The number of halogens is 3. The lowest BCUT2D eigenvalue weighted by molar-refractivity contribution is -0.852. The molecule has 0 bridgehead atoms. The van der Waals surface area contributed by atoms with Crippen molar-refractivity contribution in [3.05, 3.63) is 35.7 Å². The first-order valence-electron chi connectivity index (χ1n) is 6.91. The number of amides is 1. The minimum Gasteiger partial charge on any atom is -0.326 e. The van der Waals surface area contributed by atoms with Crippen molar-refractivity contribution < 1.29 is 28.3 Å². The number of allylic oxidation sites excluding steroid dienone is 3. The molecule has 0 atom stereocenters. The molecule has 0 aliphatic heterocycles. The van der Waals surface area contributed by atoms with Crippen LogP contribution in [0.2, 0.25) is 0 Å². The highest BCUT2D eigenvalue weighted by Gasteiger charge is 2.34. The van der Waals surface area contributed by atoms with Crippen molar-refractivity contribution in [3.8, 4) is 0 Å². The quantitative estimate of drug-likeness (QED) is 0.583. The lowest BCUT2D eigenvalue weighted by Crippen LogP contribution is -2.80. The van der Waals surface area contributed by atoms with Gasteiger partial charge in [-0.15, -0.1) is 0 Å². The molecule has 1 amide bonds. The third-order valence-corrected chi connectivity index (χ3v) is 2.38. The van der Waals surface area contributed by atoms with E-state index in [1.807, 2.05) is 13.8 Å². The number of rotatable bonds is 6. The third kappa shape index (κ3) is 9.36. The molecule has 0 rings (SSSR count). The summed E-state index contributed by atoms with van der Waals surface area (Å²) in [7, 11) is 1.26. The average molecular weight is 323 g/mol. The molecule has 128 valence electrons. The van der Waals surface area contributed by atoms with Gasteiger partial charge in [-0.05, 0) is 13.0 Å². The number of hydrogen-bond acceptors (Lipinski definition) is 2. The fraction of sp³-hybridized carbons (Fsp3) is 0.533. The molecular formula is C15H26F3N2O2+. The first-order chi connectivity index (χ1) is 10.1. The van der Waals surface area contributed by atoms with Crippen LogP contribution >= 0.6 is 0 Å². The Balaban J connectivity index is 0. The molecule has 0 spiro atoms. The van der Waals surface area contributed by atoms with Crippen LogP contribution in [0.3, 0.4) is 0 Å². The van der Waals surface area contributed by atoms with E-state index in [2.05, 4.69) is 16.7 Å². The average Bonchev–Trinajstić information content (AvgIpc) is 2.43. The van der Waals surface area contributed by atoms with E-state index in [-0.39, 0.29) is 23.2 Å². The Morgan fingerprint density at radius 3 is 2.14 bits per heavy atom. The molecule has 4 nitrogen and oxygen atoms in total. The Bertz CT molecular complexity index is 425. The van der Waals surface area contributed by atoms with E-state index < -0.39 is 11.7 Å². The Labute approximate surface area is 130 Å². The van der Waals surface area contributed by atoms with Gasteiger partial charge in [-0.25, -0.2) is 4.84 Å². The van der Waals surface area contributed by atoms with Gasteiger partial charge in [0.25, 0.3) is 0 Å². The highest BCUT2D eigenvalue weighted by molar-refractivity contribution is 5.79. The largest absolute Gasteiger partial charge is 0.418 e. The van der Waals surface area contributed by atoms with Gasteiger partial charge in [0, 0.05) is 17.7 Å². The molecule has 0 unspecified atom stereocenters. The van der Waals surface area contributed by atoms with Crippen LogP contribution in [0.4, 0.5) is 13.2 Å². The van der Waals surface area contributed by atoms with Crippen molar-refractivity contribution >= 4 is 5.91 Å². The standard InChI is InChI=1S/C13H19F3N2O2.C2H6/c1-8(2)12(19)17-9(3)6-7-11(18-20-5)10(4)13(14,15)16;1-2/h6-8,18H,3H2,1-2,4-5H3,(H,17,19);1-2H3/p+1/b7-6-,11-10-;. The predicted octanol–water partition coefficient (Wildman–Crippen LogP) is 2.82. The second-order valence-electron chi connectivity index (χ2n) is 4.43. The van der Waals surface area contributed by atoms with Gasteiger partial charge < -0.3 is 5.32 Å². The van der Waals surface area contributed by atoms with Crippen molar-refractivity contribution in [2.24, 2.45) is 5.92 Å². The van der Waals surface area contributed by atoms with Crippen LogP contribution in [0.5, 0.6) is 0 Å². The number of alkyl halides is 3. The zero-order chi connectivity index (χ0) is 17.9. The van der Waals surface area contributed by atoms with Crippen LogP contribution in [-0.2, 0) is 9.63 Å². The molecule has 0 saturated heterocycles. The van der Waals surface area contributed by atoms with Crippen molar-refractivity contribution in [2.45, 2.75) is 40.8 Å². The summed E-state index contributed by atoms with van der Waals surface area (Å²) in [4.78, 5) is 16.0. The van der Waals surface area contributed by atoms with Crippen molar-refractivity contribution in [1.29, 1.82) is 0 Å².